The number of sulfonamides is 1. The monoisotopic (exact) mass is 488 g/mol. The Labute approximate surface area is 205 Å². The molecule has 1 unspecified atom stereocenters. The number of nitrogens with zero attached hydrogens (tertiary/aromatic N) is 2. The average Bonchev–Trinajstić information content (AvgIpc) is 3.37. The molecule has 1 saturated heterocycles. The predicted molar refractivity (Wildman–Crippen MR) is 138 cm³/mol. The largest absolute Gasteiger partial charge is 0.377 e. The van der Waals surface area contributed by atoms with Gasteiger partial charge in [-0.3, -0.25) is 0 Å². The third-order valence-electron chi connectivity index (χ3n) is 6.24. The lowest BCUT2D eigenvalue weighted by molar-refractivity contribution is 0.114. The van der Waals surface area contributed by atoms with Crippen LogP contribution in [0.25, 0.3) is 22.0 Å². The molecule has 0 bridgehead atoms. The van der Waals surface area contributed by atoms with E-state index in [4.69, 9.17) is 4.74 Å². The van der Waals surface area contributed by atoms with Crippen LogP contribution >= 0.6 is 0 Å². The summed E-state index contributed by atoms with van der Waals surface area (Å²) in [5, 5.41) is 14.1. The Morgan fingerprint density at radius 2 is 1.80 bits per heavy atom. The van der Waals surface area contributed by atoms with Crippen molar-refractivity contribution in [1.29, 1.82) is 0 Å². The summed E-state index contributed by atoms with van der Waals surface area (Å²) < 4.78 is 34.5. The maximum absolute atomic E-state index is 13.1. The van der Waals surface area contributed by atoms with Crippen molar-refractivity contribution in [1.82, 2.24) is 14.9 Å². The van der Waals surface area contributed by atoms with E-state index in [0.29, 0.717) is 29.2 Å². The predicted octanol–water partition coefficient (Wildman–Crippen LogP) is 5.11. The van der Waals surface area contributed by atoms with E-state index in [1.54, 1.807) is 13.0 Å². The van der Waals surface area contributed by atoms with E-state index < -0.39 is 10.0 Å². The Kier molecular flexibility index (Phi) is 6.51. The van der Waals surface area contributed by atoms with Gasteiger partial charge in [-0.15, -0.1) is 10.2 Å². The fraction of sp³-hybridized carbons (Fsp3) is 0.259. The van der Waals surface area contributed by atoms with E-state index in [1.165, 1.54) is 0 Å². The summed E-state index contributed by atoms with van der Waals surface area (Å²) in [6.07, 6.45) is 1.75. The molecule has 0 radical (unpaired) electrons. The summed E-state index contributed by atoms with van der Waals surface area (Å²) in [6, 6.07) is 21.3. The molecule has 7 nitrogen and oxygen atoms in total. The van der Waals surface area contributed by atoms with Crippen LogP contribution in [-0.4, -0.2) is 37.9 Å². The summed E-state index contributed by atoms with van der Waals surface area (Å²) in [5.74, 6) is 0.646. The van der Waals surface area contributed by atoms with Crippen LogP contribution in [-0.2, 0) is 14.8 Å². The van der Waals surface area contributed by atoms with Gasteiger partial charge in [0.25, 0.3) is 0 Å². The fourth-order valence-corrected chi connectivity index (χ4v) is 5.73. The van der Waals surface area contributed by atoms with Gasteiger partial charge in [0, 0.05) is 35.2 Å². The molecule has 3 aromatic carbocycles. The van der Waals surface area contributed by atoms with Crippen molar-refractivity contribution in [2.45, 2.75) is 37.7 Å². The number of aryl methyl sites for hydroxylation is 2. The van der Waals surface area contributed by atoms with E-state index in [2.05, 4.69) is 20.2 Å². The Balaban J connectivity index is 1.51. The minimum atomic E-state index is -3.71. The minimum Gasteiger partial charge on any atom is -0.377 e. The van der Waals surface area contributed by atoms with E-state index in [-0.39, 0.29) is 17.5 Å². The van der Waals surface area contributed by atoms with Crippen molar-refractivity contribution in [3.8, 4) is 11.3 Å². The van der Waals surface area contributed by atoms with Gasteiger partial charge in [-0.2, -0.15) is 0 Å². The first-order valence-corrected chi connectivity index (χ1v) is 13.2. The molecule has 0 amide bonds. The molecule has 0 spiro atoms. The Morgan fingerprint density at radius 3 is 2.57 bits per heavy atom. The molecule has 2 N–H and O–H groups in total. The lowest BCUT2D eigenvalue weighted by Crippen LogP contribution is -2.32. The average molecular weight is 489 g/mol. The van der Waals surface area contributed by atoms with Crippen LogP contribution in [0, 0.1) is 13.8 Å². The molecule has 8 heteroatoms. The van der Waals surface area contributed by atoms with Gasteiger partial charge in [-0.1, -0.05) is 48.5 Å². The number of anilines is 2. The molecular formula is C27H28N4O3S. The molecule has 1 aromatic heterocycles. The van der Waals surface area contributed by atoms with E-state index in [0.717, 1.165) is 34.9 Å². The number of rotatable bonds is 7. The summed E-state index contributed by atoms with van der Waals surface area (Å²) in [5.41, 5.74) is 4.07. The summed E-state index contributed by atoms with van der Waals surface area (Å²) in [6.45, 7) is 4.79. The number of ether oxygens (including phenoxy) is 1. The van der Waals surface area contributed by atoms with Crippen LogP contribution in [0.5, 0.6) is 0 Å². The summed E-state index contributed by atoms with van der Waals surface area (Å²) in [4.78, 5) is 0.237. The number of fused-ring (bicyclic) bond motifs is 1. The maximum atomic E-state index is 13.1. The highest BCUT2D eigenvalue weighted by molar-refractivity contribution is 7.89. The topological polar surface area (TPSA) is 93.2 Å². The maximum Gasteiger partial charge on any atom is 0.240 e. The molecule has 0 aliphatic carbocycles. The number of nitrogens with one attached hydrogen (secondary N) is 2. The summed E-state index contributed by atoms with van der Waals surface area (Å²) in [7, 11) is -3.71. The minimum absolute atomic E-state index is 0.0727. The third kappa shape index (κ3) is 5.05. The molecular weight excluding hydrogens is 460 g/mol. The van der Waals surface area contributed by atoms with Crippen LogP contribution in [0.3, 0.4) is 0 Å². The first kappa shape index (κ1) is 23.4. The first-order chi connectivity index (χ1) is 16.9. The Hall–Kier alpha value is -3.33. The lowest BCUT2D eigenvalue weighted by Gasteiger charge is -2.15. The zero-order valence-electron chi connectivity index (χ0n) is 19.8. The second kappa shape index (κ2) is 9.73. The van der Waals surface area contributed by atoms with Crippen LogP contribution in [0.2, 0.25) is 0 Å². The van der Waals surface area contributed by atoms with Crippen LogP contribution in [0.4, 0.5) is 11.5 Å². The molecule has 0 saturated carbocycles. The van der Waals surface area contributed by atoms with Gasteiger partial charge in [0.05, 0.1) is 11.0 Å². The van der Waals surface area contributed by atoms with Crippen molar-refractivity contribution in [3.63, 3.8) is 0 Å². The van der Waals surface area contributed by atoms with Gasteiger partial charge in [0.15, 0.2) is 5.82 Å². The number of hydrogen-bond donors (Lipinski definition) is 2. The molecule has 4 aromatic rings. The zero-order chi connectivity index (χ0) is 24.4. The zero-order valence-corrected chi connectivity index (χ0v) is 20.6. The van der Waals surface area contributed by atoms with Gasteiger partial charge >= 0.3 is 0 Å². The lowest BCUT2D eigenvalue weighted by atomic mass is 10.0. The van der Waals surface area contributed by atoms with Crippen molar-refractivity contribution >= 4 is 32.3 Å². The number of benzene rings is 3. The normalized spacial score (nSPS) is 16.0. The molecule has 1 aliphatic heterocycles. The van der Waals surface area contributed by atoms with Crippen LogP contribution in [0.1, 0.15) is 24.0 Å². The second-order valence-electron chi connectivity index (χ2n) is 8.90. The molecule has 2 heterocycles. The molecule has 35 heavy (non-hydrogen) atoms. The standard InChI is InChI=1S/C27H28N4O3S/c1-18-7-5-8-21(15-18)29-27-24-11-4-3-10-23(24)26(30-31-27)20-13-12-19(2)25(16-20)35(32,33)28-17-22-9-6-14-34-22/h3-5,7-8,10-13,15-16,22,28H,6,9,14,17H2,1-2H3,(H,29,31). The molecule has 5 rings (SSSR count). The van der Waals surface area contributed by atoms with E-state index in [1.807, 2.05) is 67.6 Å². The SMILES string of the molecule is Cc1cccc(Nc2nnc(-c3ccc(C)c(S(=O)(=O)NCC4CCCO4)c3)c3ccccc23)c1. The highest BCUT2D eigenvalue weighted by atomic mass is 32.2. The molecule has 1 aliphatic rings. The van der Waals surface area contributed by atoms with Gasteiger partial charge in [0.2, 0.25) is 10.0 Å². The van der Waals surface area contributed by atoms with Crippen molar-refractivity contribution in [2.24, 2.45) is 0 Å². The molecule has 180 valence electrons. The van der Waals surface area contributed by atoms with Crippen molar-refractivity contribution in [2.75, 3.05) is 18.5 Å². The van der Waals surface area contributed by atoms with E-state index >= 15 is 0 Å². The highest BCUT2D eigenvalue weighted by Crippen LogP contribution is 2.33. The smallest absolute Gasteiger partial charge is 0.240 e. The van der Waals surface area contributed by atoms with E-state index in [9.17, 15) is 8.42 Å². The first-order valence-electron chi connectivity index (χ1n) is 11.7. The number of hydrogen-bond acceptors (Lipinski definition) is 6. The third-order valence-corrected chi connectivity index (χ3v) is 7.81. The second-order valence-corrected chi connectivity index (χ2v) is 10.6. The Morgan fingerprint density at radius 1 is 0.971 bits per heavy atom. The Bertz CT molecular complexity index is 1480. The van der Waals surface area contributed by atoms with Crippen molar-refractivity contribution < 1.29 is 13.2 Å². The van der Waals surface area contributed by atoms with Crippen LogP contribution < -0.4 is 10.0 Å². The van der Waals surface area contributed by atoms with Gasteiger partial charge in [-0.05, 0) is 56.0 Å². The quantitative estimate of drug-likeness (QED) is 0.375. The van der Waals surface area contributed by atoms with Crippen LogP contribution in [0.15, 0.2) is 71.6 Å². The molecule has 1 atom stereocenters. The molecule has 1 fully saturated rings. The van der Waals surface area contributed by atoms with Gasteiger partial charge in [0.1, 0.15) is 5.69 Å². The summed E-state index contributed by atoms with van der Waals surface area (Å²) >= 11 is 0. The van der Waals surface area contributed by atoms with Gasteiger partial charge < -0.3 is 10.1 Å². The highest BCUT2D eigenvalue weighted by Gasteiger charge is 2.23. The number of aromatic nitrogens is 2. The fourth-order valence-electron chi connectivity index (χ4n) is 4.39. The van der Waals surface area contributed by atoms with Gasteiger partial charge in [-0.25, -0.2) is 13.1 Å². The van der Waals surface area contributed by atoms with Crippen molar-refractivity contribution in [3.05, 3.63) is 77.9 Å².